The van der Waals surface area contributed by atoms with E-state index < -0.39 is 5.97 Å². The number of aryl methyl sites for hydroxylation is 1. The molecule has 0 saturated carbocycles. The van der Waals surface area contributed by atoms with Crippen LogP contribution in [0.4, 0.5) is 4.39 Å². The van der Waals surface area contributed by atoms with Crippen LogP contribution in [0.15, 0.2) is 30.3 Å². The third-order valence-corrected chi connectivity index (χ3v) is 6.19. The molecule has 1 saturated heterocycles. The molecule has 1 aliphatic heterocycles. The number of hydrogen-bond donors (Lipinski definition) is 0. The third kappa shape index (κ3) is 4.17. The number of nitrogens with zero attached hydrogens (tertiary/aromatic N) is 3. The van der Waals surface area contributed by atoms with Crippen molar-refractivity contribution in [1.29, 1.82) is 0 Å². The average Bonchev–Trinajstić information content (AvgIpc) is 3.15. The highest BCUT2D eigenvalue weighted by molar-refractivity contribution is 7.20. The maximum absolute atomic E-state index is 13.2. The molecule has 1 aliphatic rings. The molecular weight excluding hydrogens is 393 g/mol. The summed E-state index contributed by atoms with van der Waals surface area (Å²) in [5.74, 6) is -0.979. The van der Waals surface area contributed by atoms with Crippen molar-refractivity contribution in [1.82, 2.24) is 14.7 Å². The lowest BCUT2D eigenvalue weighted by Gasteiger charge is -2.19. The van der Waals surface area contributed by atoms with E-state index in [-0.39, 0.29) is 18.3 Å². The highest BCUT2D eigenvalue weighted by Gasteiger charge is 2.21. The Kier molecular flexibility index (Phi) is 5.62. The quantitative estimate of drug-likeness (QED) is 0.602. The molecule has 3 heterocycles. The monoisotopic (exact) mass is 415 g/mol. The van der Waals surface area contributed by atoms with Gasteiger partial charge >= 0.3 is 5.97 Å². The number of halogens is 1. The molecule has 8 heteroatoms. The Morgan fingerprint density at radius 1 is 1.14 bits per heavy atom. The van der Waals surface area contributed by atoms with Crippen molar-refractivity contribution in [3.05, 3.63) is 46.7 Å². The summed E-state index contributed by atoms with van der Waals surface area (Å²) in [6.07, 6.45) is 4.26. The Morgan fingerprint density at radius 3 is 2.52 bits per heavy atom. The molecule has 4 rings (SSSR count). The first-order chi connectivity index (χ1) is 14.0. The molecule has 6 nitrogen and oxygen atoms in total. The van der Waals surface area contributed by atoms with Gasteiger partial charge in [-0.1, -0.05) is 12.8 Å². The number of carbonyl (C=O) groups is 2. The SMILES string of the molecule is Cc1nn(-c2ccc(F)cc2)c2sc(C(=O)OCC(=O)N3CCCCCC3)cc12. The molecular formula is C21H22FN3O3S. The maximum Gasteiger partial charge on any atom is 0.348 e. The van der Waals surface area contributed by atoms with Crippen LogP contribution in [0.5, 0.6) is 0 Å². The molecule has 0 atom stereocenters. The van der Waals surface area contributed by atoms with Crippen molar-refractivity contribution in [2.45, 2.75) is 32.6 Å². The summed E-state index contributed by atoms with van der Waals surface area (Å²) in [7, 11) is 0. The number of esters is 1. The number of thiophene rings is 1. The predicted octanol–water partition coefficient (Wildman–Crippen LogP) is 4.09. The van der Waals surface area contributed by atoms with Gasteiger partial charge in [-0.3, -0.25) is 4.79 Å². The second kappa shape index (κ2) is 8.32. The van der Waals surface area contributed by atoms with E-state index in [1.165, 1.54) is 23.5 Å². The number of amides is 1. The lowest BCUT2D eigenvalue weighted by molar-refractivity contribution is -0.134. The second-order valence-corrected chi connectivity index (χ2v) is 8.20. The number of carbonyl (C=O) groups excluding carboxylic acids is 2. The van der Waals surface area contributed by atoms with Gasteiger partial charge in [-0.05, 0) is 50.1 Å². The van der Waals surface area contributed by atoms with E-state index in [9.17, 15) is 14.0 Å². The van der Waals surface area contributed by atoms with Crippen molar-refractivity contribution in [2.75, 3.05) is 19.7 Å². The van der Waals surface area contributed by atoms with E-state index in [2.05, 4.69) is 5.10 Å². The van der Waals surface area contributed by atoms with Gasteiger partial charge in [0.1, 0.15) is 15.5 Å². The van der Waals surface area contributed by atoms with Crippen LogP contribution in [0.1, 0.15) is 41.0 Å². The molecule has 0 unspecified atom stereocenters. The number of fused-ring (bicyclic) bond motifs is 1. The molecule has 0 spiro atoms. The maximum atomic E-state index is 13.2. The molecule has 0 radical (unpaired) electrons. The topological polar surface area (TPSA) is 64.4 Å². The number of aromatic nitrogens is 2. The number of ether oxygens (including phenoxy) is 1. The molecule has 152 valence electrons. The summed E-state index contributed by atoms with van der Waals surface area (Å²) >= 11 is 1.25. The molecule has 1 aromatic carbocycles. The van der Waals surface area contributed by atoms with E-state index in [0.717, 1.165) is 54.7 Å². The van der Waals surface area contributed by atoms with Gasteiger partial charge in [-0.2, -0.15) is 5.10 Å². The second-order valence-electron chi connectivity index (χ2n) is 7.17. The summed E-state index contributed by atoms with van der Waals surface area (Å²) in [6.45, 7) is 3.07. The Balaban J connectivity index is 1.49. The van der Waals surface area contributed by atoms with Crippen molar-refractivity contribution >= 4 is 33.4 Å². The predicted molar refractivity (Wildman–Crippen MR) is 109 cm³/mol. The largest absolute Gasteiger partial charge is 0.451 e. The van der Waals surface area contributed by atoms with Crippen molar-refractivity contribution in [2.24, 2.45) is 0 Å². The lowest BCUT2D eigenvalue weighted by Crippen LogP contribution is -2.35. The normalized spacial score (nSPS) is 14.8. The van der Waals surface area contributed by atoms with Crippen molar-refractivity contribution in [3.8, 4) is 5.69 Å². The molecule has 1 fully saturated rings. The minimum atomic E-state index is -0.514. The molecule has 29 heavy (non-hydrogen) atoms. The Bertz CT molecular complexity index is 1030. The van der Waals surface area contributed by atoms with Crippen molar-refractivity contribution < 1.29 is 18.7 Å². The van der Waals surface area contributed by atoms with Crippen LogP contribution >= 0.6 is 11.3 Å². The first-order valence-corrected chi connectivity index (χ1v) is 10.5. The standard InChI is InChI=1S/C21H22FN3O3S/c1-14-17-12-18(21(27)28-13-19(26)24-10-4-2-3-5-11-24)29-20(17)25(23-14)16-8-6-15(22)7-9-16/h6-9,12H,2-5,10-11,13H2,1H3. The van der Waals surface area contributed by atoms with Crippen LogP contribution in [0.3, 0.4) is 0 Å². The van der Waals surface area contributed by atoms with Crippen molar-refractivity contribution in [3.63, 3.8) is 0 Å². The zero-order valence-electron chi connectivity index (χ0n) is 16.2. The molecule has 2 aromatic heterocycles. The minimum absolute atomic E-state index is 0.143. The Morgan fingerprint density at radius 2 is 1.83 bits per heavy atom. The van der Waals surface area contributed by atoms with E-state index >= 15 is 0 Å². The summed E-state index contributed by atoms with van der Waals surface area (Å²) < 4.78 is 20.2. The van der Waals surface area contributed by atoms with E-state index in [1.54, 1.807) is 27.8 Å². The van der Waals surface area contributed by atoms with Crippen LogP contribution in [-0.2, 0) is 9.53 Å². The van der Waals surface area contributed by atoms with E-state index in [0.29, 0.717) is 10.6 Å². The average molecular weight is 415 g/mol. The number of likely N-dealkylation sites (tertiary alicyclic amines) is 1. The van der Waals surface area contributed by atoms with Crippen LogP contribution in [-0.4, -0.2) is 46.3 Å². The van der Waals surface area contributed by atoms with Crippen LogP contribution in [0.2, 0.25) is 0 Å². The van der Waals surface area contributed by atoms with Crippen LogP contribution < -0.4 is 0 Å². The Hall–Kier alpha value is -2.74. The van der Waals surface area contributed by atoms with Crippen LogP contribution in [0, 0.1) is 12.7 Å². The summed E-state index contributed by atoms with van der Waals surface area (Å²) in [5, 5.41) is 5.32. The highest BCUT2D eigenvalue weighted by atomic mass is 32.1. The van der Waals surface area contributed by atoms with E-state index in [1.807, 2.05) is 6.92 Å². The molecule has 0 N–H and O–H groups in total. The van der Waals surface area contributed by atoms with Gasteiger partial charge in [0.05, 0.1) is 11.4 Å². The zero-order chi connectivity index (χ0) is 20.4. The minimum Gasteiger partial charge on any atom is -0.451 e. The molecule has 3 aromatic rings. The van der Waals surface area contributed by atoms with Gasteiger partial charge < -0.3 is 9.64 Å². The highest BCUT2D eigenvalue weighted by Crippen LogP contribution is 2.31. The molecule has 0 bridgehead atoms. The Labute approximate surface area is 171 Å². The lowest BCUT2D eigenvalue weighted by atomic mass is 10.2. The van der Waals surface area contributed by atoms with Gasteiger partial charge in [-0.15, -0.1) is 11.3 Å². The summed E-state index contributed by atoms with van der Waals surface area (Å²) in [4.78, 5) is 27.8. The number of rotatable bonds is 4. The first-order valence-electron chi connectivity index (χ1n) is 9.73. The van der Waals surface area contributed by atoms with Gasteiger partial charge in [0.2, 0.25) is 0 Å². The molecule has 1 amide bonds. The summed E-state index contributed by atoms with van der Waals surface area (Å²) in [6, 6.07) is 7.75. The van der Waals surface area contributed by atoms with Gasteiger partial charge in [0.15, 0.2) is 6.61 Å². The fourth-order valence-corrected chi connectivity index (χ4v) is 4.59. The van der Waals surface area contributed by atoms with Gasteiger partial charge in [0.25, 0.3) is 5.91 Å². The van der Waals surface area contributed by atoms with Gasteiger partial charge in [-0.25, -0.2) is 13.9 Å². The fraction of sp³-hybridized carbons (Fsp3) is 0.381. The van der Waals surface area contributed by atoms with E-state index in [4.69, 9.17) is 4.74 Å². The fourth-order valence-electron chi connectivity index (χ4n) is 3.51. The van der Waals surface area contributed by atoms with Crippen LogP contribution in [0.25, 0.3) is 15.9 Å². The molecule has 0 aliphatic carbocycles. The van der Waals surface area contributed by atoms with Gasteiger partial charge in [0, 0.05) is 18.5 Å². The summed E-state index contributed by atoms with van der Waals surface area (Å²) in [5.41, 5.74) is 1.47. The zero-order valence-corrected chi connectivity index (χ0v) is 17.0. The number of benzene rings is 1. The third-order valence-electron chi connectivity index (χ3n) is 5.10. The first kappa shape index (κ1) is 19.6. The smallest absolute Gasteiger partial charge is 0.348 e. The number of hydrogen-bond acceptors (Lipinski definition) is 5.